The van der Waals surface area contributed by atoms with Gasteiger partial charge >= 0.3 is 0 Å². The third-order valence-corrected chi connectivity index (χ3v) is 4.13. The summed E-state index contributed by atoms with van der Waals surface area (Å²) in [7, 11) is 1.97. The van der Waals surface area contributed by atoms with Crippen molar-refractivity contribution in [3.63, 3.8) is 0 Å². The van der Waals surface area contributed by atoms with E-state index in [4.69, 9.17) is 23.8 Å². The van der Waals surface area contributed by atoms with Crippen LogP contribution in [0, 0.1) is 0 Å². The maximum atomic E-state index is 6.01. The molecule has 0 saturated carbocycles. The van der Waals surface area contributed by atoms with Gasteiger partial charge in [-0.15, -0.1) is 0 Å². The molecule has 2 rings (SSSR count). The van der Waals surface area contributed by atoms with Gasteiger partial charge in [0.2, 0.25) is 0 Å². The summed E-state index contributed by atoms with van der Waals surface area (Å²) in [5.74, 6) is 0.534. The molecule has 0 amide bonds. The molecule has 4 heteroatoms. The number of hydrogen-bond acceptors (Lipinski definition) is 1. The van der Waals surface area contributed by atoms with Crippen LogP contribution in [0.3, 0.4) is 0 Å². The van der Waals surface area contributed by atoms with E-state index in [2.05, 4.69) is 43.4 Å². The van der Waals surface area contributed by atoms with Gasteiger partial charge < -0.3 is 10.2 Å². The van der Waals surface area contributed by atoms with Crippen molar-refractivity contribution in [2.45, 2.75) is 26.3 Å². The Morgan fingerprint density at radius 2 is 1.86 bits per heavy atom. The normalized spacial score (nSPS) is 10.6. The van der Waals surface area contributed by atoms with E-state index in [1.54, 1.807) is 0 Å². The first-order valence-corrected chi connectivity index (χ1v) is 8.11. The topological polar surface area (TPSA) is 15.3 Å². The molecular weight excluding hydrogens is 312 g/mol. The van der Waals surface area contributed by atoms with E-state index in [1.807, 2.05) is 36.2 Å². The van der Waals surface area contributed by atoms with Crippen LogP contribution in [0.25, 0.3) is 0 Å². The number of nitrogens with one attached hydrogen (secondary N) is 1. The first-order chi connectivity index (χ1) is 10.5. The largest absolute Gasteiger partial charge is 0.348 e. The molecule has 0 spiro atoms. The van der Waals surface area contributed by atoms with Gasteiger partial charge in [0.15, 0.2) is 5.11 Å². The van der Waals surface area contributed by atoms with Crippen molar-refractivity contribution in [1.82, 2.24) is 4.90 Å². The Morgan fingerprint density at radius 3 is 2.45 bits per heavy atom. The predicted octanol–water partition coefficient (Wildman–Crippen LogP) is 5.29. The standard InChI is InChI=1S/C18H21ClN2S/c1-13(2)15-7-9-17(10-8-15)20-18(22)21(3)12-14-5-4-6-16(19)11-14/h4-11,13H,12H2,1-3H3,(H,20,22). The van der Waals surface area contributed by atoms with Crippen LogP contribution >= 0.6 is 23.8 Å². The van der Waals surface area contributed by atoms with Gasteiger partial charge in [-0.25, -0.2) is 0 Å². The minimum absolute atomic E-state index is 0.534. The minimum Gasteiger partial charge on any atom is -0.348 e. The molecule has 0 aliphatic heterocycles. The van der Waals surface area contributed by atoms with Crippen LogP contribution in [-0.2, 0) is 6.54 Å². The Balaban J connectivity index is 1.96. The van der Waals surface area contributed by atoms with E-state index < -0.39 is 0 Å². The van der Waals surface area contributed by atoms with Crippen molar-refractivity contribution in [1.29, 1.82) is 0 Å². The average molecular weight is 333 g/mol. The van der Waals surface area contributed by atoms with Crippen LogP contribution in [0.1, 0.15) is 30.9 Å². The third kappa shape index (κ3) is 4.72. The number of thiocarbonyl (C=S) groups is 1. The second-order valence-corrected chi connectivity index (χ2v) is 6.52. The van der Waals surface area contributed by atoms with E-state index in [1.165, 1.54) is 5.56 Å². The highest BCUT2D eigenvalue weighted by molar-refractivity contribution is 7.80. The molecule has 0 bridgehead atoms. The Bertz CT molecular complexity index is 638. The zero-order chi connectivity index (χ0) is 16.1. The van der Waals surface area contributed by atoms with Crippen LogP contribution in [0.4, 0.5) is 5.69 Å². The number of rotatable bonds is 4. The van der Waals surface area contributed by atoms with Crippen molar-refractivity contribution in [3.05, 3.63) is 64.7 Å². The smallest absolute Gasteiger partial charge is 0.173 e. The van der Waals surface area contributed by atoms with Gasteiger partial charge in [0.05, 0.1) is 0 Å². The van der Waals surface area contributed by atoms with Gasteiger partial charge in [-0.05, 0) is 53.5 Å². The molecule has 0 radical (unpaired) electrons. The third-order valence-electron chi connectivity index (χ3n) is 3.48. The molecule has 0 atom stereocenters. The fourth-order valence-electron chi connectivity index (χ4n) is 2.15. The lowest BCUT2D eigenvalue weighted by Crippen LogP contribution is -2.30. The molecule has 2 aromatic carbocycles. The molecular formula is C18H21ClN2S. The molecule has 0 saturated heterocycles. The summed E-state index contributed by atoms with van der Waals surface area (Å²) in [6, 6.07) is 16.2. The quantitative estimate of drug-likeness (QED) is 0.765. The van der Waals surface area contributed by atoms with E-state index in [-0.39, 0.29) is 0 Å². The molecule has 0 aliphatic carbocycles. The molecule has 22 heavy (non-hydrogen) atoms. The van der Waals surface area contributed by atoms with Crippen LogP contribution < -0.4 is 5.32 Å². The minimum atomic E-state index is 0.534. The molecule has 0 aromatic heterocycles. The molecule has 0 aliphatic rings. The van der Waals surface area contributed by atoms with Crippen LogP contribution in [0.15, 0.2) is 48.5 Å². The van der Waals surface area contributed by atoms with E-state index in [9.17, 15) is 0 Å². The van der Waals surface area contributed by atoms with E-state index >= 15 is 0 Å². The fraction of sp³-hybridized carbons (Fsp3) is 0.278. The van der Waals surface area contributed by atoms with E-state index in [0.717, 1.165) is 22.8 Å². The SMILES string of the molecule is CC(C)c1ccc(NC(=S)N(C)Cc2cccc(Cl)c2)cc1. The number of anilines is 1. The zero-order valence-electron chi connectivity index (χ0n) is 13.1. The molecule has 1 N–H and O–H groups in total. The summed E-state index contributed by atoms with van der Waals surface area (Å²) in [5, 5.41) is 4.70. The Hall–Kier alpha value is -1.58. The molecule has 0 unspecified atom stereocenters. The maximum absolute atomic E-state index is 6.01. The molecule has 2 aromatic rings. The summed E-state index contributed by atoms with van der Waals surface area (Å²) >= 11 is 11.5. The van der Waals surface area contributed by atoms with Gasteiger partial charge in [0.1, 0.15) is 0 Å². The average Bonchev–Trinajstić information content (AvgIpc) is 2.47. The lowest BCUT2D eigenvalue weighted by molar-refractivity contribution is 0.508. The van der Waals surface area contributed by atoms with Crippen molar-refractivity contribution in [2.24, 2.45) is 0 Å². The lowest BCUT2D eigenvalue weighted by atomic mass is 10.0. The highest BCUT2D eigenvalue weighted by atomic mass is 35.5. The summed E-state index contributed by atoms with van der Waals surface area (Å²) in [6.45, 7) is 5.09. The van der Waals surface area contributed by atoms with Gasteiger partial charge in [-0.3, -0.25) is 0 Å². The highest BCUT2D eigenvalue weighted by Crippen LogP contribution is 2.18. The van der Waals surface area contributed by atoms with Gasteiger partial charge in [0.25, 0.3) is 0 Å². The van der Waals surface area contributed by atoms with Crippen molar-refractivity contribution in [3.8, 4) is 0 Å². The number of halogens is 1. The van der Waals surface area contributed by atoms with Crippen molar-refractivity contribution < 1.29 is 0 Å². The summed E-state index contributed by atoms with van der Waals surface area (Å²) in [6.07, 6.45) is 0. The number of benzene rings is 2. The van der Waals surface area contributed by atoms with Crippen LogP contribution in [-0.4, -0.2) is 17.1 Å². The van der Waals surface area contributed by atoms with Crippen molar-refractivity contribution in [2.75, 3.05) is 12.4 Å². The molecule has 0 fully saturated rings. The molecule has 0 heterocycles. The van der Waals surface area contributed by atoms with Crippen molar-refractivity contribution >= 4 is 34.6 Å². The first kappa shape index (κ1) is 16.8. The van der Waals surface area contributed by atoms with Crippen LogP contribution in [0.5, 0.6) is 0 Å². The first-order valence-electron chi connectivity index (χ1n) is 7.32. The van der Waals surface area contributed by atoms with Gasteiger partial charge in [-0.1, -0.05) is 49.7 Å². The molecule has 116 valence electrons. The monoisotopic (exact) mass is 332 g/mol. The Morgan fingerprint density at radius 1 is 1.18 bits per heavy atom. The lowest BCUT2D eigenvalue weighted by Gasteiger charge is -2.21. The second-order valence-electron chi connectivity index (χ2n) is 5.69. The summed E-state index contributed by atoms with van der Waals surface area (Å²) in [4.78, 5) is 2.00. The summed E-state index contributed by atoms with van der Waals surface area (Å²) in [5.41, 5.74) is 3.46. The molecule has 2 nitrogen and oxygen atoms in total. The highest BCUT2D eigenvalue weighted by Gasteiger charge is 2.06. The van der Waals surface area contributed by atoms with Gasteiger partial charge in [0, 0.05) is 24.3 Å². The number of hydrogen-bond donors (Lipinski definition) is 1. The Labute approximate surface area is 143 Å². The fourth-order valence-corrected chi connectivity index (χ4v) is 2.55. The van der Waals surface area contributed by atoms with E-state index in [0.29, 0.717) is 11.0 Å². The Kier molecular flexibility index (Phi) is 5.81. The predicted molar refractivity (Wildman–Crippen MR) is 99.7 cm³/mol. The van der Waals surface area contributed by atoms with Crippen LogP contribution in [0.2, 0.25) is 5.02 Å². The second kappa shape index (κ2) is 7.61. The van der Waals surface area contributed by atoms with Gasteiger partial charge in [-0.2, -0.15) is 0 Å². The summed E-state index contributed by atoms with van der Waals surface area (Å²) < 4.78 is 0. The zero-order valence-corrected chi connectivity index (χ0v) is 14.7. The number of nitrogens with zero attached hydrogens (tertiary/aromatic N) is 1. The maximum Gasteiger partial charge on any atom is 0.173 e.